The van der Waals surface area contributed by atoms with Crippen LogP contribution < -0.4 is 0 Å². The van der Waals surface area contributed by atoms with Crippen LogP contribution >= 0.6 is 0 Å². The van der Waals surface area contributed by atoms with Crippen LogP contribution in [0.4, 0.5) is 0 Å². The quantitative estimate of drug-likeness (QED) is 0.0486. The molecule has 0 heterocycles. The van der Waals surface area contributed by atoms with Crippen molar-refractivity contribution < 1.29 is 19.4 Å². The second kappa shape index (κ2) is 59.9. The predicted molar refractivity (Wildman–Crippen MR) is 306 cm³/mol. The Bertz CT molecular complexity index is 944. The Morgan fingerprint density at radius 3 is 1.00 bits per heavy atom. The number of esters is 1. The van der Waals surface area contributed by atoms with Gasteiger partial charge < -0.3 is 19.5 Å². The molecule has 0 amide bonds. The van der Waals surface area contributed by atoms with E-state index in [1.54, 1.807) is 0 Å². The summed E-state index contributed by atoms with van der Waals surface area (Å²) < 4.78 is 12.4. The Morgan fingerprint density at radius 2 is 0.638 bits per heavy atom. The van der Waals surface area contributed by atoms with Crippen LogP contribution in [0, 0.1) is 11.8 Å². The summed E-state index contributed by atoms with van der Waals surface area (Å²) in [6.45, 7) is 15.4. The molecule has 0 aliphatic heterocycles. The third-order valence-corrected chi connectivity index (χ3v) is 15.4. The van der Waals surface area contributed by atoms with Gasteiger partial charge in [-0.1, -0.05) is 285 Å². The van der Waals surface area contributed by atoms with Crippen LogP contribution in [0.15, 0.2) is 0 Å². The first-order valence-corrected chi connectivity index (χ1v) is 32.2. The SMILES string of the molecule is CCCCCCCCCCCCC(CCCCCCCCCC)COCCCCCCN(CCCCO)CCCCCCOC(=O)C(CCCCCCCCCC)CCCCCCCCCCCC. The first kappa shape index (κ1) is 68.4. The van der Waals surface area contributed by atoms with Crippen LogP contribution in [0.3, 0.4) is 0 Å². The van der Waals surface area contributed by atoms with Gasteiger partial charge in [0.05, 0.1) is 12.5 Å². The lowest BCUT2D eigenvalue weighted by molar-refractivity contribution is -0.149. The highest BCUT2D eigenvalue weighted by molar-refractivity contribution is 5.72. The van der Waals surface area contributed by atoms with E-state index >= 15 is 0 Å². The van der Waals surface area contributed by atoms with Gasteiger partial charge in [-0.15, -0.1) is 0 Å². The molecule has 5 heteroatoms. The van der Waals surface area contributed by atoms with Gasteiger partial charge in [0.1, 0.15) is 0 Å². The molecule has 0 aliphatic carbocycles. The molecule has 0 saturated carbocycles. The number of aliphatic hydroxyl groups excluding tert-OH is 1. The highest BCUT2D eigenvalue weighted by atomic mass is 16.5. The molecular weight excluding hydrogens is 847 g/mol. The fraction of sp³-hybridized carbons (Fsp3) is 0.984. The van der Waals surface area contributed by atoms with Gasteiger partial charge >= 0.3 is 5.97 Å². The lowest BCUT2D eigenvalue weighted by Crippen LogP contribution is -2.27. The summed E-state index contributed by atoms with van der Waals surface area (Å²) in [5.74, 6) is 0.950. The molecule has 1 N–H and O–H groups in total. The van der Waals surface area contributed by atoms with Crippen molar-refractivity contribution in [1.82, 2.24) is 4.90 Å². The predicted octanol–water partition coefficient (Wildman–Crippen LogP) is 20.7. The van der Waals surface area contributed by atoms with Crippen molar-refractivity contribution in [3.8, 4) is 0 Å². The molecule has 2 atom stereocenters. The molecule has 0 aromatic rings. The van der Waals surface area contributed by atoms with E-state index in [0.717, 1.165) is 70.7 Å². The van der Waals surface area contributed by atoms with Gasteiger partial charge in [0, 0.05) is 19.8 Å². The number of carbonyl (C=O) groups is 1. The number of rotatable bonds is 61. The lowest BCUT2D eigenvalue weighted by atomic mass is 9.94. The van der Waals surface area contributed by atoms with Crippen LogP contribution in [0.2, 0.25) is 0 Å². The fourth-order valence-electron chi connectivity index (χ4n) is 10.6. The number of carbonyl (C=O) groups excluding carboxylic acids is 1. The lowest BCUT2D eigenvalue weighted by Gasteiger charge is -2.22. The zero-order chi connectivity index (χ0) is 50.0. The summed E-state index contributed by atoms with van der Waals surface area (Å²) in [6.07, 6.45) is 65.7. The Balaban J connectivity index is 4.49. The summed E-state index contributed by atoms with van der Waals surface area (Å²) in [7, 11) is 0. The monoisotopic (exact) mass is 976 g/mol. The number of nitrogens with zero attached hydrogens (tertiary/aromatic N) is 1. The largest absolute Gasteiger partial charge is 0.465 e. The van der Waals surface area contributed by atoms with Crippen LogP contribution in [-0.4, -0.2) is 62.0 Å². The van der Waals surface area contributed by atoms with Crippen LogP contribution in [0.25, 0.3) is 0 Å². The summed E-state index contributed by atoms with van der Waals surface area (Å²) in [4.78, 5) is 16.0. The first-order valence-electron chi connectivity index (χ1n) is 32.2. The van der Waals surface area contributed by atoms with Gasteiger partial charge in [0.15, 0.2) is 0 Å². The van der Waals surface area contributed by atoms with Crippen molar-refractivity contribution in [2.75, 3.05) is 46.1 Å². The van der Waals surface area contributed by atoms with Crippen molar-refractivity contribution >= 4 is 5.97 Å². The molecule has 0 saturated heterocycles. The molecule has 0 aliphatic rings. The van der Waals surface area contributed by atoms with E-state index in [0.29, 0.717) is 13.2 Å². The zero-order valence-electron chi connectivity index (χ0n) is 48.1. The standard InChI is InChI=1S/C64H129NO4/c1-5-9-13-17-21-25-27-30-34-42-52-62(51-41-33-29-23-19-15-11-7-3)61-68-59-49-39-37-45-55-65(57-47-48-58-66)56-46-38-40-50-60-69-64(67)63(53-43-35-31-24-20-16-12-8-4)54-44-36-32-28-26-22-18-14-10-6-2/h62-63,66H,5-61H2,1-4H3. The number of hydrogen-bond donors (Lipinski definition) is 1. The van der Waals surface area contributed by atoms with Gasteiger partial charge in [0.2, 0.25) is 0 Å². The first-order chi connectivity index (χ1) is 34.1. The molecule has 0 spiro atoms. The third kappa shape index (κ3) is 53.5. The minimum atomic E-state index is 0.0911. The summed E-state index contributed by atoms with van der Waals surface area (Å²) in [5.41, 5.74) is 0. The smallest absolute Gasteiger partial charge is 0.308 e. The molecule has 0 aromatic heterocycles. The average Bonchev–Trinajstić information content (AvgIpc) is 3.35. The van der Waals surface area contributed by atoms with Crippen LogP contribution in [-0.2, 0) is 14.3 Å². The number of hydrogen-bond acceptors (Lipinski definition) is 5. The molecule has 0 fully saturated rings. The van der Waals surface area contributed by atoms with Gasteiger partial charge in [-0.2, -0.15) is 0 Å². The molecule has 69 heavy (non-hydrogen) atoms. The molecule has 0 radical (unpaired) electrons. The fourth-order valence-corrected chi connectivity index (χ4v) is 10.6. The van der Waals surface area contributed by atoms with Crippen LogP contribution in [0.5, 0.6) is 0 Å². The van der Waals surface area contributed by atoms with Crippen LogP contribution in [0.1, 0.15) is 349 Å². The van der Waals surface area contributed by atoms with E-state index in [1.165, 1.54) is 289 Å². The maximum Gasteiger partial charge on any atom is 0.308 e. The highest BCUT2D eigenvalue weighted by Crippen LogP contribution is 2.23. The molecule has 0 bridgehead atoms. The Kier molecular flexibility index (Phi) is 59.3. The zero-order valence-corrected chi connectivity index (χ0v) is 48.1. The van der Waals surface area contributed by atoms with Crippen molar-refractivity contribution in [1.29, 1.82) is 0 Å². The second-order valence-corrected chi connectivity index (χ2v) is 22.4. The van der Waals surface area contributed by atoms with Gasteiger partial charge in [-0.25, -0.2) is 0 Å². The Morgan fingerprint density at radius 1 is 0.348 bits per heavy atom. The summed E-state index contributed by atoms with van der Waals surface area (Å²) in [5, 5.41) is 9.45. The number of ether oxygens (including phenoxy) is 2. The average molecular weight is 977 g/mol. The Hall–Kier alpha value is -0.650. The minimum Gasteiger partial charge on any atom is -0.465 e. The maximum atomic E-state index is 13.3. The normalized spacial score (nSPS) is 12.7. The number of unbranched alkanes of at least 4 members (excludes halogenated alkanes) is 39. The molecular formula is C64H129NO4. The molecule has 0 rings (SSSR count). The molecule has 414 valence electrons. The van der Waals surface area contributed by atoms with E-state index in [4.69, 9.17) is 9.47 Å². The third-order valence-electron chi connectivity index (χ3n) is 15.4. The van der Waals surface area contributed by atoms with Gasteiger partial charge in [-0.3, -0.25) is 4.79 Å². The topological polar surface area (TPSA) is 59.0 Å². The molecule has 2 unspecified atom stereocenters. The van der Waals surface area contributed by atoms with Gasteiger partial charge in [0.25, 0.3) is 0 Å². The van der Waals surface area contributed by atoms with E-state index in [9.17, 15) is 9.90 Å². The summed E-state index contributed by atoms with van der Waals surface area (Å²) >= 11 is 0. The van der Waals surface area contributed by atoms with E-state index in [-0.39, 0.29) is 11.9 Å². The van der Waals surface area contributed by atoms with Crippen molar-refractivity contribution in [2.24, 2.45) is 11.8 Å². The van der Waals surface area contributed by atoms with E-state index in [1.807, 2.05) is 0 Å². The molecule has 5 nitrogen and oxygen atoms in total. The summed E-state index contributed by atoms with van der Waals surface area (Å²) in [6, 6.07) is 0. The maximum absolute atomic E-state index is 13.3. The highest BCUT2D eigenvalue weighted by Gasteiger charge is 2.19. The Labute approximate surface area is 435 Å². The van der Waals surface area contributed by atoms with Crippen molar-refractivity contribution in [3.63, 3.8) is 0 Å². The van der Waals surface area contributed by atoms with E-state index < -0.39 is 0 Å². The minimum absolute atomic E-state index is 0.0911. The molecule has 0 aromatic carbocycles. The second-order valence-electron chi connectivity index (χ2n) is 22.4. The van der Waals surface area contributed by atoms with E-state index in [2.05, 4.69) is 32.6 Å². The van der Waals surface area contributed by atoms with Gasteiger partial charge in [-0.05, 0) is 89.8 Å². The van der Waals surface area contributed by atoms with Crippen molar-refractivity contribution in [2.45, 2.75) is 349 Å². The number of aliphatic hydroxyl groups is 1. The van der Waals surface area contributed by atoms with Crippen molar-refractivity contribution in [3.05, 3.63) is 0 Å².